The Balaban J connectivity index is 1.45. The highest BCUT2D eigenvalue weighted by atomic mass is 35.5. The third-order valence-electron chi connectivity index (χ3n) is 7.72. The van der Waals surface area contributed by atoms with Gasteiger partial charge in [-0.05, 0) is 73.3 Å². The van der Waals surface area contributed by atoms with E-state index in [2.05, 4.69) is 12.1 Å². The number of Topliss-reactive ketones (excluding diaryl/α,β-unsaturated/α-hetero) is 1. The van der Waals surface area contributed by atoms with Crippen LogP contribution in [0, 0.1) is 23.7 Å². The van der Waals surface area contributed by atoms with Crippen molar-refractivity contribution in [2.45, 2.75) is 49.5 Å². The van der Waals surface area contributed by atoms with Gasteiger partial charge in [0, 0.05) is 29.9 Å². The van der Waals surface area contributed by atoms with E-state index >= 15 is 0 Å². The molecule has 2 aliphatic carbocycles. The fraction of sp³-hybridized carbons (Fsp3) is 0.480. The molecule has 164 valence electrons. The fourth-order valence-electron chi connectivity index (χ4n) is 6.41. The molecule has 0 bridgehead atoms. The number of hydrogen-bond acceptors (Lipinski definition) is 3. The van der Waals surface area contributed by atoms with Gasteiger partial charge in [-0.2, -0.15) is 4.31 Å². The number of halogens is 1. The van der Waals surface area contributed by atoms with Crippen LogP contribution in [0.25, 0.3) is 0 Å². The van der Waals surface area contributed by atoms with Crippen molar-refractivity contribution in [1.82, 2.24) is 4.31 Å². The van der Waals surface area contributed by atoms with Gasteiger partial charge in [0.15, 0.2) is 0 Å². The van der Waals surface area contributed by atoms with Crippen molar-refractivity contribution in [2.75, 3.05) is 6.54 Å². The van der Waals surface area contributed by atoms with Crippen LogP contribution >= 0.6 is 11.6 Å². The molecule has 6 heteroatoms. The Labute approximate surface area is 189 Å². The summed E-state index contributed by atoms with van der Waals surface area (Å²) in [6, 6.07) is 16.7. The topological polar surface area (TPSA) is 54.5 Å². The lowest BCUT2D eigenvalue weighted by Crippen LogP contribution is -2.59. The van der Waals surface area contributed by atoms with Gasteiger partial charge in [0.25, 0.3) is 0 Å². The van der Waals surface area contributed by atoms with Crippen LogP contribution < -0.4 is 0 Å². The molecule has 31 heavy (non-hydrogen) atoms. The van der Waals surface area contributed by atoms with Gasteiger partial charge in [0.05, 0.1) is 4.90 Å². The van der Waals surface area contributed by atoms with Crippen molar-refractivity contribution in [1.29, 1.82) is 0 Å². The Kier molecular flexibility index (Phi) is 5.70. The first kappa shape index (κ1) is 21.2. The highest BCUT2D eigenvalue weighted by Crippen LogP contribution is 2.52. The fourth-order valence-corrected chi connectivity index (χ4v) is 8.24. The lowest BCUT2D eigenvalue weighted by atomic mass is 9.56. The van der Waals surface area contributed by atoms with Crippen LogP contribution in [0.2, 0.25) is 5.02 Å². The first-order valence-electron chi connectivity index (χ1n) is 11.3. The van der Waals surface area contributed by atoms with E-state index in [0.29, 0.717) is 34.6 Å². The maximum atomic E-state index is 13.5. The van der Waals surface area contributed by atoms with Crippen LogP contribution in [0.4, 0.5) is 0 Å². The predicted octanol–water partition coefficient (Wildman–Crippen LogP) is 4.97. The zero-order chi connectivity index (χ0) is 21.6. The maximum Gasteiger partial charge on any atom is 0.243 e. The zero-order valence-electron chi connectivity index (χ0n) is 17.5. The van der Waals surface area contributed by atoms with Crippen LogP contribution in [-0.4, -0.2) is 31.1 Å². The second kappa shape index (κ2) is 8.34. The Hall–Kier alpha value is -1.69. The van der Waals surface area contributed by atoms with E-state index in [1.54, 1.807) is 28.6 Å². The van der Waals surface area contributed by atoms with Crippen molar-refractivity contribution in [2.24, 2.45) is 23.7 Å². The highest BCUT2D eigenvalue weighted by Gasteiger charge is 2.53. The van der Waals surface area contributed by atoms with Crippen LogP contribution in [-0.2, 0) is 21.2 Å². The van der Waals surface area contributed by atoms with Gasteiger partial charge in [-0.15, -0.1) is 0 Å². The number of sulfonamides is 1. The summed E-state index contributed by atoms with van der Waals surface area (Å²) in [6.45, 7) is 0.500. The SMILES string of the molecule is O=C1C[C@H]2CCN(S(=O)(=O)c3ccc(Cl)cc3)[C@H]3CCC[C@H]([C@H]23)[C@@H]1Cc1ccccc1. The number of carbonyl (C=O) groups is 1. The van der Waals surface area contributed by atoms with Crippen LogP contribution in [0.1, 0.15) is 37.7 Å². The summed E-state index contributed by atoms with van der Waals surface area (Å²) in [5, 5.41) is 0.532. The predicted molar refractivity (Wildman–Crippen MR) is 121 cm³/mol. The van der Waals surface area contributed by atoms with E-state index in [1.165, 1.54) is 5.56 Å². The van der Waals surface area contributed by atoms with Crippen molar-refractivity contribution in [3.63, 3.8) is 0 Å². The van der Waals surface area contributed by atoms with E-state index in [9.17, 15) is 13.2 Å². The second-order valence-corrected chi connectivity index (χ2v) is 11.7. The van der Waals surface area contributed by atoms with Gasteiger partial charge >= 0.3 is 0 Å². The normalized spacial score (nSPS) is 31.3. The number of nitrogens with zero attached hydrogens (tertiary/aromatic N) is 1. The Morgan fingerprint density at radius 1 is 0.968 bits per heavy atom. The number of piperidine rings is 1. The quantitative estimate of drug-likeness (QED) is 0.651. The molecule has 4 nitrogen and oxygen atoms in total. The zero-order valence-corrected chi connectivity index (χ0v) is 19.1. The average Bonchev–Trinajstić information content (AvgIpc) is 2.77. The lowest BCUT2D eigenvalue weighted by molar-refractivity contribution is -0.136. The molecule has 0 radical (unpaired) electrons. The molecule has 2 aromatic rings. The molecular formula is C25H28ClNO3S. The van der Waals surface area contributed by atoms with Crippen molar-refractivity contribution >= 4 is 27.4 Å². The molecule has 1 saturated heterocycles. The van der Waals surface area contributed by atoms with Gasteiger partial charge < -0.3 is 0 Å². The Morgan fingerprint density at radius 3 is 2.45 bits per heavy atom. The molecule has 2 saturated carbocycles. The number of hydrogen-bond donors (Lipinski definition) is 0. The summed E-state index contributed by atoms with van der Waals surface area (Å²) < 4.78 is 28.8. The third kappa shape index (κ3) is 3.85. The van der Waals surface area contributed by atoms with Crippen molar-refractivity contribution < 1.29 is 13.2 Å². The maximum absolute atomic E-state index is 13.5. The Morgan fingerprint density at radius 2 is 1.71 bits per heavy atom. The van der Waals surface area contributed by atoms with Gasteiger partial charge in [-0.1, -0.05) is 48.4 Å². The van der Waals surface area contributed by atoms with Gasteiger partial charge in [-0.25, -0.2) is 8.42 Å². The molecule has 3 fully saturated rings. The van der Waals surface area contributed by atoms with Gasteiger partial charge in [0.1, 0.15) is 5.78 Å². The number of ketones is 1. The summed E-state index contributed by atoms with van der Waals surface area (Å²) in [4.78, 5) is 13.5. The van der Waals surface area contributed by atoms with E-state index in [4.69, 9.17) is 11.6 Å². The molecule has 3 aliphatic rings. The highest BCUT2D eigenvalue weighted by molar-refractivity contribution is 7.89. The summed E-state index contributed by atoms with van der Waals surface area (Å²) in [5.41, 5.74) is 1.20. The van der Waals surface area contributed by atoms with E-state index in [-0.39, 0.29) is 23.8 Å². The monoisotopic (exact) mass is 457 g/mol. The summed E-state index contributed by atoms with van der Waals surface area (Å²) in [7, 11) is -3.58. The van der Waals surface area contributed by atoms with E-state index in [0.717, 1.165) is 32.1 Å². The van der Waals surface area contributed by atoms with Crippen molar-refractivity contribution in [3.05, 3.63) is 65.2 Å². The molecule has 2 aromatic carbocycles. The molecule has 0 unspecified atom stereocenters. The number of rotatable bonds is 4. The molecule has 0 amide bonds. The lowest BCUT2D eigenvalue weighted by Gasteiger charge is -2.54. The van der Waals surface area contributed by atoms with Crippen LogP contribution in [0.15, 0.2) is 59.5 Å². The van der Waals surface area contributed by atoms with Crippen molar-refractivity contribution in [3.8, 4) is 0 Å². The number of carbonyl (C=O) groups excluding carboxylic acids is 1. The average molecular weight is 458 g/mol. The first-order valence-corrected chi connectivity index (χ1v) is 13.1. The standard InChI is InChI=1S/C25H28ClNO3S/c26-19-9-11-20(12-10-19)31(29,30)27-14-13-18-16-24(28)22(15-17-5-2-1-3-6-17)21-7-4-8-23(27)25(18)21/h1-3,5-6,9-12,18,21-23,25H,4,7-8,13-16H2/t18-,21+,22+,23+,25+/m1/s1. The van der Waals surface area contributed by atoms with Gasteiger partial charge in [0.2, 0.25) is 10.0 Å². The second-order valence-electron chi connectivity index (χ2n) is 9.32. The van der Waals surface area contributed by atoms with Crippen LogP contribution in [0.3, 0.4) is 0 Å². The minimum absolute atomic E-state index is 0.00429. The smallest absolute Gasteiger partial charge is 0.243 e. The first-order chi connectivity index (χ1) is 14.9. The Bertz CT molecular complexity index is 1050. The molecule has 1 heterocycles. The largest absolute Gasteiger partial charge is 0.299 e. The molecule has 0 N–H and O–H groups in total. The van der Waals surface area contributed by atoms with E-state index in [1.807, 2.05) is 18.2 Å². The summed E-state index contributed by atoms with van der Waals surface area (Å²) in [6.07, 6.45) is 5.03. The molecular weight excluding hydrogens is 430 g/mol. The molecule has 5 atom stereocenters. The molecule has 1 aliphatic heterocycles. The number of benzene rings is 2. The van der Waals surface area contributed by atoms with Gasteiger partial charge in [-0.3, -0.25) is 4.79 Å². The minimum atomic E-state index is -3.58. The molecule has 0 aromatic heterocycles. The minimum Gasteiger partial charge on any atom is -0.299 e. The van der Waals surface area contributed by atoms with Crippen LogP contribution in [0.5, 0.6) is 0 Å². The summed E-state index contributed by atoms with van der Waals surface area (Å²) >= 11 is 5.98. The molecule has 0 spiro atoms. The third-order valence-corrected chi connectivity index (χ3v) is 9.91. The molecule has 5 rings (SSSR count). The summed E-state index contributed by atoms with van der Waals surface area (Å²) in [5.74, 6) is 1.24. The van der Waals surface area contributed by atoms with E-state index < -0.39 is 10.0 Å².